The van der Waals surface area contributed by atoms with Crippen molar-refractivity contribution in [3.05, 3.63) is 109 Å². The van der Waals surface area contributed by atoms with E-state index in [4.69, 9.17) is 14.2 Å². The van der Waals surface area contributed by atoms with E-state index in [2.05, 4.69) is 118 Å². The van der Waals surface area contributed by atoms with Gasteiger partial charge in [-0.2, -0.15) is 0 Å². The molecule has 0 bridgehead atoms. The number of rotatable bonds is 38. The zero-order chi connectivity index (χ0) is 41.5. The van der Waals surface area contributed by atoms with E-state index in [1.807, 2.05) is 6.08 Å². The van der Waals surface area contributed by atoms with Gasteiger partial charge in [0, 0.05) is 12.8 Å². The smallest absolute Gasteiger partial charge is 0.309 e. The summed E-state index contributed by atoms with van der Waals surface area (Å²) in [5.74, 6) is -1.11. The number of hydrogen-bond acceptors (Lipinski definition) is 6. The van der Waals surface area contributed by atoms with Gasteiger partial charge in [-0.1, -0.05) is 169 Å². The highest BCUT2D eigenvalue weighted by Gasteiger charge is 2.19. The largest absolute Gasteiger partial charge is 0.462 e. The Morgan fingerprint density at radius 1 is 0.386 bits per heavy atom. The molecule has 0 heterocycles. The Morgan fingerprint density at radius 2 is 0.754 bits per heavy atom. The van der Waals surface area contributed by atoms with Crippen LogP contribution in [0.4, 0.5) is 0 Å². The van der Waals surface area contributed by atoms with Crippen molar-refractivity contribution < 1.29 is 28.6 Å². The molecule has 320 valence electrons. The Balaban J connectivity index is 4.60. The summed E-state index contributed by atoms with van der Waals surface area (Å²) < 4.78 is 16.5. The molecule has 0 amide bonds. The van der Waals surface area contributed by atoms with Crippen molar-refractivity contribution in [2.75, 3.05) is 13.2 Å². The SMILES string of the molecule is CC/C=C\C/C=C\C/C=C\C/C=C\C/C=C\CC(=O)OCC(COC(=O)CCCCCCC/C=C\CCCC)OC(=O)CCCCC/C=C\C/C=C\C/C=C\CC. The second-order valence-corrected chi connectivity index (χ2v) is 14.2. The van der Waals surface area contributed by atoms with E-state index in [9.17, 15) is 14.4 Å². The lowest BCUT2D eigenvalue weighted by Gasteiger charge is -2.18. The Labute approximate surface area is 349 Å². The van der Waals surface area contributed by atoms with E-state index in [1.54, 1.807) is 6.08 Å². The van der Waals surface area contributed by atoms with Gasteiger partial charge < -0.3 is 14.2 Å². The third-order valence-corrected chi connectivity index (χ3v) is 8.78. The number of carbonyl (C=O) groups is 3. The first-order chi connectivity index (χ1) is 28.0. The zero-order valence-corrected chi connectivity index (χ0v) is 36.3. The number of carbonyl (C=O) groups excluding carboxylic acids is 3. The van der Waals surface area contributed by atoms with Crippen LogP contribution in [0.2, 0.25) is 0 Å². The summed E-state index contributed by atoms with van der Waals surface area (Å²) in [6.45, 7) is 6.21. The van der Waals surface area contributed by atoms with Gasteiger partial charge >= 0.3 is 17.9 Å². The van der Waals surface area contributed by atoms with E-state index in [0.717, 1.165) is 103 Å². The van der Waals surface area contributed by atoms with Gasteiger partial charge in [0.05, 0.1) is 6.42 Å². The first-order valence-electron chi connectivity index (χ1n) is 22.4. The third kappa shape index (κ3) is 43.0. The van der Waals surface area contributed by atoms with Gasteiger partial charge in [-0.15, -0.1) is 0 Å². The molecule has 0 aliphatic rings. The lowest BCUT2D eigenvalue weighted by atomic mass is 10.1. The predicted molar refractivity (Wildman–Crippen MR) is 242 cm³/mol. The molecule has 0 aromatic heterocycles. The van der Waals surface area contributed by atoms with Crippen LogP contribution in [0, 0.1) is 0 Å². The van der Waals surface area contributed by atoms with Crippen molar-refractivity contribution >= 4 is 17.9 Å². The number of unbranched alkanes of at least 4 members (excludes halogenated alkanes) is 10. The molecule has 0 spiro atoms. The number of ether oxygens (including phenoxy) is 3. The van der Waals surface area contributed by atoms with Crippen LogP contribution < -0.4 is 0 Å². The average molecular weight is 789 g/mol. The second kappa shape index (κ2) is 44.8. The summed E-state index contributed by atoms with van der Waals surface area (Å²) in [5.41, 5.74) is 0. The molecule has 1 atom stereocenters. The van der Waals surface area contributed by atoms with E-state index in [0.29, 0.717) is 12.8 Å². The zero-order valence-electron chi connectivity index (χ0n) is 36.3. The maximum absolute atomic E-state index is 12.7. The minimum atomic E-state index is -0.836. The fourth-order valence-electron chi connectivity index (χ4n) is 5.45. The summed E-state index contributed by atoms with van der Waals surface area (Å²) in [5, 5.41) is 0. The Bertz CT molecular complexity index is 1230. The van der Waals surface area contributed by atoms with E-state index < -0.39 is 12.1 Å². The molecular formula is C51H80O6. The third-order valence-electron chi connectivity index (χ3n) is 8.78. The molecule has 0 fully saturated rings. The predicted octanol–water partition coefficient (Wildman–Crippen LogP) is 14.4. The average Bonchev–Trinajstić information content (AvgIpc) is 3.21. The van der Waals surface area contributed by atoms with Gasteiger partial charge in [0.15, 0.2) is 6.10 Å². The summed E-state index contributed by atoms with van der Waals surface area (Å²) in [7, 11) is 0. The van der Waals surface area contributed by atoms with Crippen molar-refractivity contribution in [1.29, 1.82) is 0 Å². The highest BCUT2D eigenvalue weighted by atomic mass is 16.6. The standard InChI is InChI=1S/C51H80O6/c1-4-7-10-13-16-19-22-24-25-27-29-32-35-38-41-44-50(53)56-47-48(46-55-49(52)43-40-37-34-31-28-21-18-15-12-9-6-3)57-51(54)45-42-39-36-33-30-26-23-20-17-14-11-8-5-2/h7-8,10-11,15-20,24-26,29-30,32,38,41,48H,4-6,9,12-14,21-23,27-28,31,33-37,39-40,42-47H2,1-3H3/b10-7-,11-8-,18-15-,19-16-,20-17-,25-24-,30-26-,32-29-,41-38-. The molecule has 6 heteroatoms. The van der Waals surface area contributed by atoms with Gasteiger partial charge in [0.2, 0.25) is 0 Å². The molecule has 0 aliphatic heterocycles. The van der Waals surface area contributed by atoms with Gasteiger partial charge in [-0.3, -0.25) is 14.4 Å². The van der Waals surface area contributed by atoms with Crippen LogP contribution in [0.25, 0.3) is 0 Å². The summed E-state index contributed by atoms with van der Waals surface area (Å²) >= 11 is 0. The Morgan fingerprint density at radius 3 is 1.26 bits per heavy atom. The van der Waals surface area contributed by atoms with Crippen molar-refractivity contribution in [3.8, 4) is 0 Å². The highest BCUT2D eigenvalue weighted by Crippen LogP contribution is 2.11. The lowest BCUT2D eigenvalue weighted by molar-refractivity contribution is -0.166. The molecule has 0 aromatic rings. The first-order valence-corrected chi connectivity index (χ1v) is 22.4. The molecule has 0 saturated carbocycles. The fourth-order valence-corrected chi connectivity index (χ4v) is 5.45. The minimum absolute atomic E-state index is 0.115. The Kier molecular flexibility index (Phi) is 41.7. The quantitative estimate of drug-likeness (QED) is 0.0268. The van der Waals surface area contributed by atoms with E-state index in [-0.39, 0.29) is 38.0 Å². The molecule has 0 rings (SSSR count). The Hall–Kier alpha value is -3.93. The maximum atomic E-state index is 12.7. The van der Waals surface area contributed by atoms with Gasteiger partial charge in [-0.05, 0) is 96.3 Å². The van der Waals surface area contributed by atoms with Gasteiger partial charge in [0.1, 0.15) is 13.2 Å². The fraction of sp³-hybridized carbons (Fsp3) is 0.588. The highest BCUT2D eigenvalue weighted by molar-refractivity contribution is 5.72. The molecule has 0 N–H and O–H groups in total. The van der Waals surface area contributed by atoms with Gasteiger partial charge in [-0.25, -0.2) is 0 Å². The molecule has 0 aliphatic carbocycles. The molecule has 0 saturated heterocycles. The second-order valence-electron chi connectivity index (χ2n) is 14.2. The number of allylic oxidation sites excluding steroid dienone is 17. The van der Waals surface area contributed by atoms with Crippen molar-refractivity contribution in [1.82, 2.24) is 0 Å². The van der Waals surface area contributed by atoms with Crippen LogP contribution in [0.3, 0.4) is 0 Å². The van der Waals surface area contributed by atoms with Crippen LogP contribution in [-0.2, 0) is 28.6 Å². The normalized spacial score (nSPS) is 13.1. The van der Waals surface area contributed by atoms with E-state index in [1.165, 1.54) is 25.7 Å². The van der Waals surface area contributed by atoms with Crippen LogP contribution in [0.5, 0.6) is 0 Å². The van der Waals surface area contributed by atoms with Crippen molar-refractivity contribution in [3.63, 3.8) is 0 Å². The van der Waals surface area contributed by atoms with Crippen LogP contribution >= 0.6 is 0 Å². The topological polar surface area (TPSA) is 78.9 Å². The van der Waals surface area contributed by atoms with Gasteiger partial charge in [0.25, 0.3) is 0 Å². The summed E-state index contributed by atoms with van der Waals surface area (Å²) in [6.07, 6.45) is 59.5. The maximum Gasteiger partial charge on any atom is 0.309 e. The van der Waals surface area contributed by atoms with Crippen LogP contribution in [0.15, 0.2) is 109 Å². The monoisotopic (exact) mass is 789 g/mol. The lowest BCUT2D eigenvalue weighted by Crippen LogP contribution is -2.30. The first kappa shape index (κ1) is 53.1. The van der Waals surface area contributed by atoms with Crippen LogP contribution in [0.1, 0.15) is 175 Å². The molecule has 0 aromatic carbocycles. The van der Waals surface area contributed by atoms with E-state index >= 15 is 0 Å². The summed E-state index contributed by atoms with van der Waals surface area (Å²) in [6, 6.07) is 0. The van der Waals surface area contributed by atoms with Crippen molar-refractivity contribution in [2.24, 2.45) is 0 Å². The van der Waals surface area contributed by atoms with Crippen molar-refractivity contribution in [2.45, 2.75) is 181 Å². The molecule has 0 radical (unpaired) electrons. The minimum Gasteiger partial charge on any atom is -0.462 e. The summed E-state index contributed by atoms with van der Waals surface area (Å²) in [4.78, 5) is 37.7. The molecular weight excluding hydrogens is 709 g/mol. The molecule has 6 nitrogen and oxygen atoms in total. The molecule has 57 heavy (non-hydrogen) atoms. The van der Waals surface area contributed by atoms with Crippen LogP contribution in [-0.4, -0.2) is 37.2 Å². The number of esters is 3. The number of hydrogen-bond donors (Lipinski definition) is 0. The molecule has 1 unspecified atom stereocenters.